The van der Waals surface area contributed by atoms with Crippen LogP contribution in [0, 0.1) is 11.3 Å². The van der Waals surface area contributed by atoms with Crippen LogP contribution >= 0.6 is 0 Å². The molecule has 0 aromatic carbocycles. The van der Waals surface area contributed by atoms with E-state index in [0.29, 0.717) is 29.6 Å². The predicted octanol–water partition coefficient (Wildman–Crippen LogP) is 2.95. The van der Waals surface area contributed by atoms with Crippen molar-refractivity contribution in [1.82, 2.24) is 0 Å². The molecule has 1 aliphatic heterocycles. The molecule has 0 spiro atoms. The molecule has 0 amide bonds. The van der Waals surface area contributed by atoms with Crippen LogP contribution in [0.5, 0.6) is 0 Å². The first-order valence-electron chi connectivity index (χ1n) is 6.03. The van der Waals surface area contributed by atoms with Crippen molar-refractivity contribution in [1.29, 1.82) is 0 Å². The molecule has 2 rings (SSSR count). The first-order valence-corrected chi connectivity index (χ1v) is 6.03. The Bertz CT molecular complexity index is 278. The van der Waals surface area contributed by atoms with E-state index in [0.717, 1.165) is 6.42 Å². The van der Waals surface area contributed by atoms with Crippen molar-refractivity contribution in [3.8, 4) is 0 Å². The van der Waals surface area contributed by atoms with Crippen molar-refractivity contribution in [3.63, 3.8) is 0 Å². The van der Waals surface area contributed by atoms with Gasteiger partial charge in [0, 0.05) is 6.42 Å². The zero-order valence-electron chi connectivity index (χ0n) is 10.3. The van der Waals surface area contributed by atoms with E-state index in [-0.39, 0.29) is 5.60 Å². The number of ether oxygens (including phenoxy) is 1. The number of hydrogen-bond donors (Lipinski definition) is 0. The Balaban J connectivity index is 2.07. The van der Waals surface area contributed by atoms with E-state index in [4.69, 9.17) is 4.74 Å². The monoisotopic (exact) mass is 210 g/mol. The first-order chi connectivity index (χ1) is 6.86. The highest BCUT2D eigenvalue weighted by Gasteiger charge is 2.63. The van der Waals surface area contributed by atoms with Crippen molar-refractivity contribution in [2.45, 2.75) is 65.1 Å². The van der Waals surface area contributed by atoms with Gasteiger partial charge in [-0.3, -0.25) is 0 Å². The van der Waals surface area contributed by atoms with Crippen LogP contribution in [0.25, 0.3) is 0 Å². The minimum atomic E-state index is 0.0806. The zero-order chi connectivity index (χ0) is 11.3. The second kappa shape index (κ2) is 3.31. The van der Waals surface area contributed by atoms with Gasteiger partial charge >= 0.3 is 0 Å². The van der Waals surface area contributed by atoms with Crippen molar-refractivity contribution >= 4 is 5.78 Å². The summed E-state index contributed by atoms with van der Waals surface area (Å²) in [6.45, 7) is 8.55. The summed E-state index contributed by atoms with van der Waals surface area (Å²) < 4.78 is 5.83. The van der Waals surface area contributed by atoms with Crippen LogP contribution < -0.4 is 0 Å². The second-order valence-electron chi connectivity index (χ2n) is 6.11. The van der Waals surface area contributed by atoms with Gasteiger partial charge < -0.3 is 9.53 Å². The molecule has 1 aliphatic carbocycles. The molecule has 86 valence electrons. The van der Waals surface area contributed by atoms with E-state index in [2.05, 4.69) is 20.8 Å². The average molecular weight is 210 g/mol. The van der Waals surface area contributed by atoms with Crippen LogP contribution in [0.1, 0.15) is 53.4 Å². The highest BCUT2D eigenvalue weighted by molar-refractivity contribution is 5.75. The number of rotatable bonds is 3. The van der Waals surface area contributed by atoms with Gasteiger partial charge in [-0.1, -0.05) is 13.8 Å². The number of fused-ring (bicyclic) bond motifs is 1. The van der Waals surface area contributed by atoms with Crippen molar-refractivity contribution in [2.24, 2.45) is 11.3 Å². The van der Waals surface area contributed by atoms with Crippen molar-refractivity contribution < 1.29 is 9.53 Å². The highest BCUT2D eigenvalue weighted by Crippen LogP contribution is 2.59. The Kier molecular flexibility index (Phi) is 2.45. The summed E-state index contributed by atoms with van der Waals surface area (Å²) in [6, 6.07) is 0. The Morgan fingerprint density at radius 1 is 1.40 bits per heavy atom. The van der Waals surface area contributed by atoms with Gasteiger partial charge in [0.25, 0.3) is 0 Å². The van der Waals surface area contributed by atoms with Crippen LogP contribution in [0.3, 0.4) is 0 Å². The Morgan fingerprint density at radius 2 is 2.07 bits per heavy atom. The van der Waals surface area contributed by atoms with Crippen LogP contribution in [0.2, 0.25) is 0 Å². The van der Waals surface area contributed by atoms with Crippen LogP contribution in [-0.2, 0) is 9.53 Å². The number of epoxide rings is 1. The molecular weight excluding hydrogens is 188 g/mol. The first kappa shape index (κ1) is 11.1. The maximum atomic E-state index is 11.1. The third kappa shape index (κ3) is 1.84. The third-order valence-electron chi connectivity index (χ3n) is 4.45. The quantitative estimate of drug-likeness (QED) is 0.670. The summed E-state index contributed by atoms with van der Waals surface area (Å²) in [7, 11) is 0. The van der Waals surface area contributed by atoms with Gasteiger partial charge in [0.15, 0.2) is 0 Å². The van der Waals surface area contributed by atoms with E-state index in [1.807, 2.05) is 0 Å². The SMILES string of the molecule is CC(=O)CC[C@@H]1C(C)(C)CC[C@H]2O[C@@]12C. The lowest BCUT2D eigenvalue weighted by atomic mass is 9.62. The fraction of sp³-hybridized carbons (Fsp3) is 0.923. The van der Waals surface area contributed by atoms with E-state index < -0.39 is 0 Å². The van der Waals surface area contributed by atoms with Crippen molar-refractivity contribution in [3.05, 3.63) is 0 Å². The molecule has 2 aliphatic rings. The lowest BCUT2D eigenvalue weighted by molar-refractivity contribution is -0.117. The molecule has 2 fully saturated rings. The fourth-order valence-corrected chi connectivity index (χ4v) is 3.40. The van der Waals surface area contributed by atoms with E-state index in [1.165, 1.54) is 12.8 Å². The molecule has 2 heteroatoms. The maximum absolute atomic E-state index is 11.1. The highest BCUT2D eigenvalue weighted by atomic mass is 16.6. The normalized spacial score (nSPS) is 42.1. The number of carbonyl (C=O) groups is 1. The second-order valence-corrected chi connectivity index (χ2v) is 6.11. The molecule has 15 heavy (non-hydrogen) atoms. The van der Waals surface area contributed by atoms with Gasteiger partial charge in [0.1, 0.15) is 5.78 Å². The summed E-state index contributed by atoms with van der Waals surface area (Å²) in [6.07, 6.45) is 4.60. The van der Waals surface area contributed by atoms with Crippen LogP contribution in [-0.4, -0.2) is 17.5 Å². The van der Waals surface area contributed by atoms with Crippen molar-refractivity contribution in [2.75, 3.05) is 0 Å². The van der Waals surface area contributed by atoms with Gasteiger partial charge in [0.2, 0.25) is 0 Å². The Morgan fingerprint density at radius 3 is 2.67 bits per heavy atom. The lowest BCUT2D eigenvalue weighted by Gasteiger charge is -2.40. The van der Waals surface area contributed by atoms with Gasteiger partial charge in [-0.2, -0.15) is 0 Å². The molecule has 1 heterocycles. The molecule has 1 saturated carbocycles. The summed E-state index contributed by atoms with van der Waals surface area (Å²) >= 11 is 0. The molecule has 0 radical (unpaired) electrons. The lowest BCUT2D eigenvalue weighted by Crippen LogP contribution is -2.40. The molecule has 0 aromatic heterocycles. The smallest absolute Gasteiger partial charge is 0.129 e. The van der Waals surface area contributed by atoms with E-state index in [9.17, 15) is 4.79 Å². The minimum absolute atomic E-state index is 0.0806. The Labute approximate surface area is 92.4 Å². The summed E-state index contributed by atoms with van der Waals surface area (Å²) in [5, 5.41) is 0. The summed E-state index contributed by atoms with van der Waals surface area (Å²) in [4.78, 5) is 11.1. The molecule has 0 aromatic rings. The summed E-state index contributed by atoms with van der Waals surface area (Å²) in [5.74, 6) is 0.852. The topological polar surface area (TPSA) is 29.6 Å². The van der Waals surface area contributed by atoms with Gasteiger partial charge in [-0.15, -0.1) is 0 Å². The average Bonchev–Trinajstić information content (AvgIpc) is 2.74. The van der Waals surface area contributed by atoms with Crippen LogP contribution in [0.15, 0.2) is 0 Å². The summed E-state index contributed by atoms with van der Waals surface area (Å²) in [5.41, 5.74) is 0.411. The largest absolute Gasteiger partial charge is 0.366 e. The molecule has 0 unspecified atom stereocenters. The zero-order valence-corrected chi connectivity index (χ0v) is 10.3. The molecule has 2 nitrogen and oxygen atoms in total. The molecule has 1 saturated heterocycles. The third-order valence-corrected chi connectivity index (χ3v) is 4.45. The number of ketones is 1. The molecular formula is C13H22O2. The molecule has 0 N–H and O–H groups in total. The van der Waals surface area contributed by atoms with E-state index >= 15 is 0 Å². The number of hydrogen-bond acceptors (Lipinski definition) is 2. The van der Waals surface area contributed by atoms with Crippen LogP contribution in [0.4, 0.5) is 0 Å². The predicted molar refractivity (Wildman–Crippen MR) is 59.7 cm³/mol. The van der Waals surface area contributed by atoms with Gasteiger partial charge in [-0.05, 0) is 44.4 Å². The number of Topliss-reactive ketones (excluding diaryl/α,β-unsaturated/α-hetero) is 1. The van der Waals surface area contributed by atoms with Gasteiger partial charge in [-0.25, -0.2) is 0 Å². The minimum Gasteiger partial charge on any atom is -0.366 e. The fourth-order valence-electron chi connectivity index (χ4n) is 3.40. The Hall–Kier alpha value is -0.370. The molecule has 3 atom stereocenters. The number of carbonyl (C=O) groups excluding carboxylic acids is 1. The van der Waals surface area contributed by atoms with Gasteiger partial charge in [0.05, 0.1) is 11.7 Å². The van der Waals surface area contributed by atoms with E-state index in [1.54, 1.807) is 6.92 Å². The maximum Gasteiger partial charge on any atom is 0.129 e. The molecule has 0 bridgehead atoms. The standard InChI is InChI=1S/C13H22O2/c1-9(14)5-6-10-12(2,3)8-7-11-13(10,4)15-11/h10-11H,5-8H2,1-4H3/t10-,11-,13+/m1/s1.